The van der Waals surface area contributed by atoms with Crippen LogP contribution in [0.25, 0.3) is 0 Å². The van der Waals surface area contributed by atoms with Gasteiger partial charge in [0, 0.05) is 30.5 Å². The van der Waals surface area contributed by atoms with Gasteiger partial charge < -0.3 is 21.3 Å². The van der Waals surface area contributed by atoms with Gasteiger partial charge in [0.25, 0.3) is 0 Å². The van der Waals surface area contributed by atoms with Crippen molar-refractivity contribution in [3.63, 3.8) is 0 Å². The molecule has 1 rings (SSSR count). The van der Waals surface area contributed by atoms with Crippen molar-refractivity contribution < 1.29 is 4.79 Å². The average Bonchev–Trinajstić information content (AvgIpc) is 2.32. The van der Waals surface area contributed by atoms with Crippen LogP contribution in [0.3, 0.4) is 0 Å². The highest BCUT2D eigenvalue weighted by Gasteiger charge is 2.04. The summed E-state index contributed by atoms with van der Waals surface area (Å²) in [5.74, 6) is 0. The number of nitrogen functional groups attached to an aromatic ring is 1. The van der Waals surface area contributed by atoms with E-state index in [0.29, 0.717) is 18.3 Å². The number of rotatable bonds is 5. The van der Waals surface area contributed by atoms with Gasteiger partial charge in [-0.2, -0.15) is 0 Å². The largest absolute Gasteiger partial charge is 0.399 e. The molecule has 0 saturated heterocycles. The molecular formula is C13H22N4O. The zero-order valence-corrected chi connectivity index (χ0v) is 11.2. The Morgan fingerprint density at radius 2 is 1.94 bits per heavy atom. The number of nitrogens with one attached hydrogen (secondary N) is 2. The highest BCUT2D eigenvalue weighted by molar-refractivity contribution is 5.89. The molecule has 2 amide bonds. The van der Waals surface area contributed by atoms with E-state index in [1.165, 1.54) is 0 Å². The number of carbonyl (C=O) groups excluding carboxylic acids is 1. The number of anilines is 2. The molecule has 0 atom stereocenters. The molecule has 4 N–H and O–H groups in total. The summed E-state index contributed by atoms with van der Waals surface area (Å²) in [6.45, 7) is 5.69. The normalized spacial score (nSPS) is 10.7. The van der Waals surface area contributed by atoms with Crippen LogP contribution in [0.5, 0.6) is 0 Å². The minimum Gasteiger partial charge on any atom is -0.399 e. The van der Waals surface area contributed by atoms with Crippen LogP contribution in [0.1, 0.15) is 13.8 Å². The standard InChI is InChI=1S/C13H22N4O/c1-10(2)17(3)9-8-15-13(18)16-12-6-4-11(14)5-7-12/h4-7,10H,8-9,14H2,1-3H3,(H2,15,16,18). The summed E-state index contributed by atoms with van der Waals surface area (Å²) in [5.41, 5.74) is 6.98. The number of hydrogen-bond donors (Lipinski definition) is 3. The first-order valence-electron chi connectivity index (χ1n) is 6.09. The van der Waals surface area contributed by atoms with Crippen LogP contribution in [0.15, 0.2) is 24.3 Å². The molecule has 18 heavy (non-hydrogen) atoms. The number of hydrogen-bond acceptors (Lipinski definition) is 3. The van der Waals surface area contributed by atoms with Crippen molar-refractivity contribution in [3.8, 4) is 0 Å². The molecule has 0 fully saturated rings. The van der Waals surface area contributed by atoms with Gasteiger partial charge in [-0.15, -0.1) is 0 Å². The average molecular weight is 250 g/mol. The van der Waals surface area contributed by atoms with E-state index in [2.05, 4.69) is 29.4 Å². The summed E-state index contributed by atoms with van der Waals surface area (Å²) in [5, 5.41) is 5.56. The van der Waals surface area contributed by atoms with Crippen molar-refractivity contribution in [2.75, 3.05) is 31.2 Å². The maximum absolute atomic E-state index is 11.6. The predicted octanol–water partition coefficient (Wildman–Crippen LogP) is 1.73. The van der Waals surface area contributed by atoms with E-state index in [-0.39, 0.29) is 6.03 Å². The number of amides is 2. The second-order valence-electron chi connectivity index (χ2n) is 4.58. The fourth-order valence-electron chi connectivity index (χ4n) is 1.35. The SMILES string of the molecule is CC(C)N(C)CCNC(=O)Nc1ccc(N)cc1. The van der Waals surface area contributed by atoms with Gasteiger partial charge in [0.05, 0.1) is 0 Å². The molecule has 0 radical (unpaired) electrons. The topological polar surface area (TPSA) is 70.4 Å². The van der Waals surface area contributed by atoms with Gasteiger partial charge in [-0.05, 0) is 45.2 Å². The highest BCUT2D eigenvalue weighted by atomic mass is 16.2. The molecule has 0 bridgehead atoms. The van der Waals surface area contributed by atoms with E-state index in [4.69, 9.17) is 5.73 Å². The first-order chi connectivity index (χ1) is 8.49. The Balaban J connectivity index is 2.27. The molecular weight excluding hydrogens is 228 g/mol. The van der Waals surface area contributed by atoms with Crippen LogP contribution in [-0.2, 0) is 0 Å². The lowest BCUT2D eigenvalue weighted by Crippen LogP contribution is -2.37. The van der Waals surface area contributed by atoms with Gasteiger partial charge in [-0.3, -0.25) is 0 Å². The highest BCUT2D eigenvalue weighted by Crippen LogP contribution is 2.09. The molecule has 5 heteroatoms. The fourth-order valence-corrected chi connectivity index (χ4v) is 1.35. The maximum Gasteiger partial charge on any atom is 0.319 e. The van der Waals surface area contributed by atoms with E-state index < -0.39 is 0 Å². The lowest BCUT2D eigenvalue weighted by atomic mass is 10.3. The van der Waals surface area contributed by atoms with E-state index >= 15 is 0 Å². The maximum atomic E-state index is 11.6. The number of likely N-dealkylation sites (N-methyl/N-ethyl adjacent to an activating group) is 1. The van der Waals surface area contributed by atoms with Crippen molar-refractivity contribution >= 4 is 17.4 Å². The van der Waals surface area contributed by atoms with Crippen molar-refractivity contribution in [2.24, 2.45) is 0 Å². The monoisotopic (exact) mass is 250 g/mol. The van der Waals surface area contributed by atoms with Crippen molar-refractivity contribution in [2.45, 2.75) is 19.9 Å². The third-order valence-corrected chi connectivity index (χ3v) is 2.80. The summed E-state index contributed by atoms with van der Waals surface area (Å²) < 4.78 is 0. The molecule has 0 saturated carbocycles. The number of benzene rings is 1. The first-order valence-corrected chi connectivity index (χ1v) is 6.09. The molecule has 0 aliphatic rings. The summed E-state index contributed by atoms with van der Waals surface area (Å²) in [7, 11) is 2.03. The van der Waals surface area contributed by atoms with Gasteiger partial charge in [-0.1, -0.05) is 0 Å². The second-order valence-corrected chi connectivity index (χ2v) is 4.58. The van der Waals surface area contributed by atoms with Crippen LogP contribution in [0.4, 0.5) is 16.2 Å². The van der Waals surface area contributed by atoms with E-state index in [1.807, 2.05) is 7.05 Å². The molecule has 100 valence electrons. The zero-order valence-electron chi connectivity index (χ0n) is 11.2. The molecule has 0 aliphatic heterocycles. The Labute approximate surface area is 108 Å². The molecule has 1 aromatic rings. The van der Waals surface area contributed by atoms with Gasteiger partial charge >= 0.3 is 6.03 Å². The van der Waals surface area contributed by atoms with E-state index in [0.717, 1.165) is 12.2 Å². The second kappa shape index (κ2) is 6.86. The molecule has 5 nitrogen and oxygen atoms in total. The summed E-state index contributed by atoms with van der Waals surface area (Å²) in [6, 6.07) is 7.33. The fraction of sp³-hybridized carbons (Fsp3) is 0.462. The zero-order chi connectivity index (χ0) is 13.5. The van der Waals surface area contributed by atoms with Crippen LogP contribution < -0.4 is 16.4 Å². The van der Waals surface area contributed by atoms with E-state index in [9.17, 15) is 4.79 Å². The number of carbonyl (C=O) groups is 1. The Bertz CT molecular complexity index is 375. The minimum absolute atomic E-state index is 0.197. The van der Waals surface area contributed by atoms with Gasteiger partial charge in [0.15, 0.2) is 0 Å². The lowest BCUT2D eigenvalue weighted by molar-refractivity contribution is 0.244. The summed E-state index contributed by atoms with van der Waals surface area (Å²) >= 11 is 0. The van der Waals surface area contributed by atoms with Crippen LogP contribution in [0, 0.1) is 0 Å². The molecule has 0 spiro atoms. The molecule has 0 aliphatic carbocycles. The Hall–Kier alpha value is -1.75. The number of nitrogens with zero attached hydrogens (tertiary/aromatic N) is 1. The first kappa shape index (κ1) is 14.3. The number of urea groups is 1. The molecule has 0 unspecified atom stereocenters. The Morgan fingerprint density at radius 3 is 2.50 bits per heavy atom. The molecule has 1 aromatic carbocycles. The van der Waals surface area contributed by atoms with Crippen LogP contribution >= 0.6 is 0 Å². The van der Waals surface area contributed by atoms with Gasteiger partial charge in [0.1, 0.15) is 0 Å². The van der Waals surface area contributed by atoms with Crippen molar-refractivity contribution in [1.29, 1.82) is 0 Å². The molecule has 0 heterocycles. The van der Waals surface area contributed by atoms with Crippen LogP contribution in [0.2, 0.25) is 0 Å². The van der Waals surface area contributed by atoms with Crippen LogP contribution in [-0.4, -0.2) is 37.1 Å². The number of nitrogens with two attached hydrogens (primary N) is 1. The summed E-state index contributed by atoms with van der Waals surface area (Å²) in [6.07, 6.45) is 0. The van der Waals surface area contributed by atoms with E-state index in [1.54, 1.807) is 24.3 Å². The molecule has 0 aromatic heterocycles. The van der Waals surface area contributed by atoms with Gasteiger partial charge in [-0.25, -0.2) is 4.79 Å². The Morgan fingerprint density at radius 1 is 1.33 bits per heavy atom. The predicted molar refractivity (Wildman–Crippen MR) is 75.6 cm³/mol. The van der Waals surface area contributed by atoms with Gasteiger partial charge in [0.2, 0.25) is 0 Å². The smallest absolute Gasteiger partial charge is 0.319 e. The Kier molecular flexibility index (Phi) is 5.45. The lowest BCUT2D eigenvalue weighted by Gasteiger charge is -2.20. The third-order valence-electron chi connectivity index (χ3n) is 2.80. The summed E-state index contributed by atoms with van der Waals surface area (Å²) in [4.78, 5) is 13.7. The minimum atomic E-state index is -0.197. The quantitative estimate of drug-likeness (QED) is 0.697. The van der Waals surface area contributed by atoms with Crippen molar-refractivity contribution in [3.05, 3.63) is 24.3 Å². The van der Waals surface area contributed by atoms with Crippen molar-refractivity contribution in [1.82, 2.24) is 10.2 Å². The third kappa shape index (κ3) is 5.05.